The van der Waals surface area contributed by atoms with Crippen molar-refractivity contribution in [2.75, 3.05) is 25.0 Å². The van der Waals surface area contributed by atoms with E-state index in [0.717, 1.165) is 23.4 Å². The van der Waals surface area contributed by atoms with E-state index < -0.39 is 0 Å². The average Bonchev–Trinajstić information content (AvgIpc) is 3.23. The molecule has 0 spiro atoms. The summed E-state index contributed by atoms with van der Waals surface area (Å²) < 4.78 is 5.65. The second-order valence-electron chi connectivity index (χ2n) is 6.54. The van der Waals surface area contributed by atoms with E-state index in [0.29, 0.717) is 28.9 Å². The fourth-order valence-corrected chi connectivity index (χ4v) is 3.94. The highest BCUT2D eigenvalue weighted by atomic mass is 35.5. The molecule has 1 N–H and O–H groups in total. The van der Waals surface area contributed by atoms with Crippen LogP contribution < -0.4 is 5.32 Å². The number of amides is 2. The lowest BCUT2D eigenvalue weighted by atomic mass is 10.1. The largest absolute Gasteiger partial charge is 0.376 e. The van der Waals surface area contributed by atoms with Crippen molar-refractivity contribution in [3.8, 4) is 0 Å². The molecule has 1 saturated heterocycles. The second kappa shape index (κ2) is 8.82. The molecule has 1 fully saturated rings. The maximum absolute atomic E-state index is 12.9. The third-order valence-corrected chi connectivity index (χ3v) is 5.64. The zero-order chi connectivity index (χ0) is 19.4. The number of hydrogen-bond donors (Lipinski definition) is 1. The molecule has 6 nitrogen and oxygen atoms in total. The molecule has 8 heteroatoms. The molecule has 0 radical (unpaired) electrons. The van der Waals surface area contributed by atoms with Crippen molar-refractivity contribution in [1.82, 2.24) is 9.88 Å². The third-order valence-electron chi connectivity index (χ3n) is 4.42. The smallest absolute Gasteiger partial charge is 0.254 e. The molecule has 1 atom stereocenters. The quantitative estimate of drug-likeness (QED) is 0.792. The maximum Gasteiger partial charge on any atom is 0.254 e. The van der Waals surface area contributed by atoms with Crippen molar-refractivity contribution in [3.63, 3.8) is 0 Å². The molecule has 1 aromatic heterocycles. The van der Waals surface area contributed by atoms with Gasteiger partial charge >= 0.3 is 0 Å². The van der Waals surface area contributed by atoms with Crippen LogP contribution in [0.15, 0.2) is 24.3 Å². The number of hydrogen-bond acceptors (Lipinski definition) is 5. The Labute approximate surface area is 167 Å². The summed E-state index contributed by atoms with van der Waals surface area (Å²) in [6.45, 7) is 4.84. The van der Waals surface area contributed by atoms with E-state index in [2.05, 4.69) is 10.3 Å². The molecule has 2 heterocycles. The first kappa shape index (κ1) is 19.8. The Balaban J connectivity index is 1.72. The van der Waals surface area contributed by atoms with Crippen LogP contribution in [0, 0.1) is 13.8 Å². The van der Waals surface area contributed by atoms with Gasteiger partial charge in [-0.2, -0.15) is 0 Å². The van der Waals surface area contributed by atoms with Crippen LogP contribution in [-0.2, 0) is 9.53 Å². The van der Waals surface area contributed by atoms with Gasteiger partial charge in [0, 0.05) is 28.6 Å². The van der Waals surface area contributed by atoms with Gasteiger partial charge in [0.2, 0.25) is 5.91 Å². The minimum absolute atomic E-state index is 0.0507. The Bertz CT molecular complexity index is 814. The molecule has 0 aliphatic carbocycles. The Morgan fingerprint density at radius 1 is 1.41 bits per heavy atom. The number of halogens is 1. The van der Waals surface area contributed by atoms with Crippen LogP contribution in [0.5, 0.6) is 0 Å². The molecule has 0 saturated carbocycles. The van der Waals surface area contributed by atoms with Gasteiger partial charge in [0.25, 0.3) is 5.91 Å². The topological polar surface area (TPSA) is 71.5 Å². The lowest BCUT2D eigenvalue weighted by Gasteiger charge is -2.25. The summed E-state index contributed by atoms with van der Waals surface area (Å²) in [6, 6.07) is 6.74. The molecule has 1 aliphatic rings. The fraction of sp³-hybridized carbons (Fsp3) is 0.421. The number of nitrogens with one attached hydrogen (secondary N) is 1. The number of ether oxygens (including phenoxy) is 1. The number of rotatable bonds is 6. The van der Waals surface area contributed by atoms with Crippen LogP contribution in [0.3, 0.4) is 0 Å². The Morgan fingerprint density at radius 3 is 2.85 bits per heavy atom. The molecule has 1 aliphatic heterocycles. The number of carbonyl (C=O) groups is 2. The summed E-state index contributed by atoms with van der Waals surface area (Å²) in [7, 11) is 0. The van der Waals surface area contributed by atoms with Crippen LogP contribution in [0.4, 0.5) is 5.13 Å². The predicted molar refractivity (Wildman–Crippen MR) is 107 cm³/mol. The van der Waals surface area contributed by atoms with Crippen LogP contribution in [0.25, 0.3) is 0 Å². The van der Waals surface area contributed by atoms with E-state index in [1.807, 2.05) is 13.8 Å². The van der Waals surface area contributed by atoms with Gasteiger partial charge in [-0.15, -0.1) is 11.3 Å². The summed E-state index contributed by atoms with van der Waals surface area (Å²) in [4.78, 5) is 32.4. The molecule has 144 valence electrons. The SMILES string of the molecule is Cc1nc(NC(=O)CN(C[C@@H]2CCCO2)C(=O)c2cccc(Cl)c2)sc1C. The van der Waals surface area contributed by atoms with Crippen LogP contribution >= 0.6 is 22.9 Å². The summed E-state index contributed by atoms with van der Waals surface area (Å²) >= 11 is 7.43. The highest BCUT2D eigenvalue weighted by Crippen LogP contribution is 2.21. The zero-order valence-electron chi connectivity index (χ0n) is 15.3. The first-order chi connectivity index (χ1) is 12.9. The van der Waals surface area contributed by atoms with Gasteiger partial charge in [-0.05, 0) is 44.9 Å². The molecule has 27 heavy (non-hydrogen) atoms. The normalized spacial score (nSPS) is 16.3. The molecule has 1 aromatic carbocycles. The summed E-state index contributed by atoms with van der Waals surface area (Å²) in [5.41, 5.74) is 1.34. The summed E-state index contributed by atoms with van der Waals surface area (Å²) in [6.07, 6.45) is 1.80. The number of aromatic nitrogens is 1. The molecule has 0 unspecified atom stereocenters. The fourth-order valence-electron chi connectivity index (χ4n) is 2.92. The van der Waals surface area contributed by atoms with Crippen molar-refractivity contribution in [3.05, 3.63) is 45.4 Å². The van der Waals surface area contributed by atoms with Gasteiger partial charge in [-0.1, -0.05) is 17.7 Å². The Hall–Kier alpha value is -1.96. The van der Waals surface area contributed by atoms with Gasteiger partial charge in [0.05, 0.1) is 11.8 Å². The number of aryl methyl sites for hydroxylation is 2. The van der Waals surface area contributed by atoms with Crippen molar-refractivity contribution < 1.29 is 14.3 Å². The highest BCUT2D eigenvalue weighted by molar-refractivity contribution is 7.15. The second-order valence-corrected chi connectivity index (χ2v) is 8.18. The predicted octanol–water partition coefficient (Wildman–Crippen LogP) is 3.67. The first-order valence-electron chi connectivity index (χ1n) is 8.82. The van der Waals surface area contributed by atoms with Gasteiger partial charge in [0.15, 0.2) is 5.13 Å². The van der Waals surface area contributed by atoms with E-state index in [1.54, 1.807) is 24.3 Å². The van der Waals surface area contributed by atoms with Crippen LogP contribution in [0.1, 0.15) is 33.8 Å². The number of anilines is 1. The van der Waals surface area contributed by atoms with Crippen molar-refractivity contribution in [2.24, 2.45) is 0 Å². The Morgan fingerprint density at radius 2 is 2.22 bits per heavy atom. The van der Waals surface area contributed by atoms with Crippen molar-refractivity contribution >= 4 is 39.9 Å². The molecule has 0 bridgehead atoms. The van der Waals surface area contributed by atoms with E-state index in [1.165, 1.54) is 16.2 Å². The monoisotopic (exact) mass is 407 g/mol. The molecular weight excluding hydrogens is 386 g/mol. The first-order valence-corrected chi connectivity index (χ1v) is 10.0. The summed E-state index contributed by atoms with van der Waals surface area (Å²) in [5.74, 6) is -0.522. The third kappa shape index (κ3) is 5.28. The minimum atomic E-state index is -0.280. The Kier molecular flexibility index (Phi) is 6.46. The van der Waals surface area contributed by atoms with Crippen LogP contribution in [-0.4, -0.2) is 47.5 Å². The van der Waals surface area contributed by atoms with E-state index in [9.17, 15) is 9.59 Å². The van der Waals surface area contributed by atoms with Crippen molar-refractivity contribution in [2.45, 2.75) is 32.8 Å². The lowest BCUT2D eigenvalue weighted by molar-refractivity contribution is -0.117. The molecule has 2 amide bonds. The van der Waals surface area contributed by atoms with Crippen LogP contribution in [0.2, 0.25) is 5.02 Å². The van der Waals surface area contributed by atoms with Gasteiger partial charge < -0.3 is 15.0 Å². The number of carbonyl (C=O) groups excluding carboxylic acids is 2. The number of thiazole rings is 1. The van der Waals surface area contributed by atoms with E-state index in [-0.39, 0.29) is 24.5 Å². The highest BCUT2D eigenvalue weighted by Gasteiger charge is 2.25. The summed E-state index contributed by atoms with van der Waals surface area (Å²) in [5, 5.41) is 3.81. The average molecular weight is 408 g/mol. The molecule has 2 aromatic rings. The van der Waals surface area contributed by atoms with Gasteiger partial charge in [-0.25, -0.2) is 4.98 Å². The van der Waals surface area contributed by atoms with Crippen molar-refractivity contribution in [1.29, 1.82) is 0 Å². The molecule has 3 rings (SSSR count). The lowest BCUT2D eigenvalue weighted by Crippen LogP contribution is -2.42. The van der Waals surface area contributed by atoms with E-state index >= 15 is 0 Å². The maximum atomic E-state index is 12.9. The standard InChI is InChI=1S/C19H22ClN3O3S/c1-12-13(2)27-19(21-12)22-17(24)11-23(10-16-7-4-8-26-16)18(25)14-5-3-6-15(20)9-14/h3,5-6,9,16H,4,7-8,10-11H2,1-2H3,(H,21,22,24)/t16-/m0/s1. The number of benzene rings is 1. The zero-order valence-corrected chi connectivity index (χ0v) is 16.9. The van der Waals surface area contributed by atoms with Gasteiger partial charge in [0.1, 0.15) is 6.54 Å². The van der Waals surface area contributed by atoms with Gasteiger partial charge in [-0.3, -0.25) is 9.59 Å². The van der Waals surface area contributed by atoms with E-state index in [4.69, 9.17) is 16.3 Å². The number of nitrogens with zero attached hydrogens (tertiary/aromatic N) is 2. The minimum Gasteiger partial charge on any atom is -0.376 e. The molecular formula is C19H22ClN3O3S.